The van der Waals surface area contributed by atoms with E-state index in [9.17, 15) is 9.59 Å². The highest BCUT2D eigenvalue weighted by Crippen LogP contribution is 2.32. The molecule has 0 atom stereocenters. The standard InChI is InChI=1S/C16H9ClO2/c17-10-5-6-13-14(7-10)16(9-19)12-4-2-1-3-11(12)15(13)8-18/h1-9H. The number of rotatable bonds is 2. The normalized spacial score (nSPS) is 10.8. The quantitative estimate of drug-likeness (QED) is 0.514. The van der Waals surface area contributed by atoms with Crippen LogP contribution < -0.4 is 0 Å². The van der Waals surface area contributed by atoms with E-state index in [-0.39, 0.29) is 0 Å². The molecule has 0 N–H and O–H groups in total. The van der Waals surface area contributed by atoms with Crippen LogP contribution in [-0.2, 0) is 0 Å². The van der Waals surface area contributed by atoms with E-state index in [1.54, 1.807) is 18.2 Å². The second-order valence-electron chi connectivity index (χ2n) is 4.30. The van der Waals surface area contributed by atoms with Gasteiger partial charge >= 0.3 is 0 Å². The minimum atomic E-state index is 0.544. The second-order valence-corrected chi connectivity index (χ2v) is 4.73. The Hall–Kier alpha value is -2.19. The lowest BCUT2D eigenvalue weighted by molar-refractivity contribution is 0.111. The monoisotopic (exact) mass is 268 g/mol. The van der Waals surface area contributed by atoms with Gasteiger partial charge in [-0.15, -0.1) is 0 Å². The van der Waals surface area contributed by atoms with Gasteiger partial charge in [-0.2, -0.15) is 0 Å². The first-order valence-corrected chi connectivity index (χ1v) is 6.18. The molecule has 92 valence electrons. The Morgan fingerprint density at radius 2 is 1.26 bits per heavy atom. The average Bonchev–Trinajstić information content (AvgIpc) is 2.44. The number of halogens is 1. The van der Waals surface area contributed by atoms with Gasteiger partial charge in [-0.3, -0.25) is 9.59 Å². The van der Waals surface area contributed by atoms with E-state index in [0.29, 0.717) is 21.5 Å². The van der Waals surface area contributed by atoms with Crippen molar-refractivity contribution in [2.75, 3.05) is 0 Å². The van der Waals surface area contributed by atoms with Crippen LogP contribution in [0.4, 0.5) is 0 Å². The smallest absolute Gasteiger partial charge is 0.151 e. The maximum Gasteiger partial charge on any atom is 0.151 e. The van der Waals surface area contributed by atoms with Crippen LogP contribution >= 0.6 is 11.6 Å². The van der Waals surface area contributed by atoms with Crippen LogP contribution in [0.25, 0.3) is 21.5 Å². The summed E-state index contributed by atoms with van der Waals surface area (Å²) in [5.74, 6) is 0. The van der Waals surface area contributed by atoms with Crippen LogP contribution in [0.5, 0.6) is 0 Å². The maximum absolute atomic E-state index is 11.4. The van der Waals surface area contributed by atoms with Gasteiger partial charge in [0.25, 0.3) is 0 Å². The van der Waals surface area contributed by atoms with E-state index in [4.69, 9.17) is 11.6 Å². The summed E-state index contributed by atoms with van der Waals surface area (Å²) in [4.78, 5) is 22.8. The van der Waals surface area contributed by atoms with E-state index in [0.717, 1.165) is 28.7 Å². The Bertz CT molecular complexity index is 822. The summed E-state index contributed by atoms with van der Waals surface area (Å²) in [6.45, 7) is 0. The highest BCUT2D eigenvalue weighted by molar-refractivity contribution is 6.32. The molecular weight excluding hydrogens is 260 g/mol. The first-order valence-electron chi connectivity index (χ1n) is 5.80. The molecule has 0 unspecified atom stereocenters. The summed E-state index contributed by atoms with van der Waals surface area (Å²) in [5.41, 5.74) is 1.16. The molecule has 0 aliphatic carbocycles. The minimum absolute atomic E-state index is 0.544. The molecule has 0 radical (unpaired) electrons. The lowest BCUT2D eigenvalue weighted by Crippen LogP contribution is -1.93. The summed E-state index contributed by atoms with van der Waals surface area (Å²) in [5, 5.41) is 3.56. The van der Waals surface area contributed by atoms with E-state index < -0.39 is 0 Å². The van der Waals surface area contributed by atoms with E-state index in [2.05, 4.69) is 0 Å². The van der Waals surface area contributed by atoms with Gasteiger partial charge in [0.1, 0.15) is 0 Å². The minimum Gasteiger partial charge on any atom is -0.298 e. The lowest BCUT2D eigenvalue weighted by atomic mass is 9.93. The van der Waals surface area contributed by atoms with Crippen molar-refractivity contribution in [1.82, 2.24) is 0 Å². The molecule has 0 aliphatic heterocycles. The maximum atomic E-state index is 11.4. The molecule has 3 rings (SSSR count). The van der Waals surface area contributed by atoms with Crippen LogP contribution in [-0.4, -0.2) is 12.6 Å². The molecule has 0 amide bonds. The number of hydrogen-bond acceptors (Lipinski definition) is 2. The summed E-state index contributed by atoms with van der Waals surface area (Å²) in [7, 11) is 0. The number of aldehydes is 2. The molecule has 0 heterocycles. The van der Waals surface area contributed by atoms with Crippen LogP contribution in [0.2, 0.25) is 5.02 Å². The third kappa shape index (κ3) is 1.72. The fourth-order valence-corrected chi connectivity index (χ4v) is 2.64. The highest BCUT2D eigenvalue weighted by atomic mass is 35.5. The molecule has 0 fully saturated rings. The number of fused-ring (bicyclic) bond motifs is 2. The van der Waals surface area contributed by atoms with Crippen LogP contribution in [0, 0.1) is 0 Å². The van der Waals surface area contributed by atoms with Crippen molar-refractivity contribution in [2.24, 2.45) is 0 Å². The Morgan fingerprint density at radius 3 is 1.84 bits per heavy atom. The van der Waals surface area contributed by atoms with Crippen LogP contribution in [0.3, 0.4) is 0 Å². The molecule has 0 spiro atoms. The zero-order chi connectivity index (χ0) is 13.4. The van der Waals surface area contributed by atoms with E-state index >= 15 is 0 Å². The van der Waals surface area contributed by atoms with Crippen molar-refractivity contribution in [3.05, 3.63) is 58.6 Å². The SMILES string of the molecule is O=Cc1c2ccccc2c(C=O)c2cc(Cl)ccc12. The Morgan fingerprint density at radius 1 is 0.737 bits per heavy atom. The van der Waals surface area contributed by atoms with Gasteiger partial charge in [0.2, 0.25) is 0 Å². The number of benzene rings is 3. The van der Waals surface area contributed by atoms with Crippen molar-refractivity contribution in [3.63, 3.8) is 0 Å². The number of hydrogen-bond donors (Lipinski definition) is 0. The molecular formula is C16H9ClO2. The van der Waals surface area contributed by atoms with Crippen molar-refractivity contribution in [2.45, 2.75) is 0 Å². The van der Waals surface area contributed by atoms with Gasteiger partial charge in [-0.05, 0) is 33.7 Å². The first kappa shape index (κ1) is 11.9. The predicted octanol–water partition coefficient (Wildman–Crippen LogP) is 4.27. The van der Waals surface area contributed by atoms with Crippen molar-refractivity contribution in [3.8, 4) is 0 Å². The Kier molecular flexibility index (Phi) is 2.80. The van der Waals surface area contributed by atoms with Crippen LogP contribution in [0.15, 0.2) is 42.5 Å². The van der Waals surface area contributed by atoms with Gasteiger partial charge in [0.05, 0.1) is 0 Å². The molecule has 19 heavy (non-hydrogen) atoms. The number of carbonyl (C=O) groups excluding carboxylic acids is 2. The fraction of sp³-hybridized carbons (Fsp3) is 0. The van der Waals surface area contributed by atoms with Gasteiger partial charge in [0.15, 0.2) is 12.6 Å². The van der Waals surface area contributed by atoms with Gasteiger partial charge in [-0.1, -0.05) is 41.9 Å². The van der Waals surface area contributed by atoms with Gasteiger partial charge in [0, 0.05) is 16.1 Å². The second kappa shape index (κ2) is 4.48. The van der Waals surface area contributed by atoms with Gasteiger partial charge in [-0.25, -0.2) is 0 Å². The first-order chi connectivity index (χ1) is 9.26. The molecule has 0 bridgehead atoms. The summed E-state index contributed by atoms with van der Waals surface area (Å²) >= 11 is 5.99. The lowest BCUT2D eigenvalue weighted by Gasteiger charge is -2.10. The largest absolute Gasteiger partial charge is 0.298 e. The Labute approximate surface area is 114 Å². The van der Waals surface area contributed by atoms with Crippen molar-refractivity contribution >= 4 is 45.7 Å². The van der Waals surface area contributed by atoms with E-state index in [1.165, 1.54) is 0 Å². The molecule has 3 aromatic carbocycles. The molecule has 0 saturated heterocycles. The van der Waals surface area contributed by atoms with Crippen molar-refractivity contribution in [1.29, 1.82) is 0 Å². The summed E-state index contributed by atoms with van der Waals surface area (Å²) in [6, 6.07) is 12.6. The third-order valence-corrected chi connectivity index (χ3v) is 3.54. The zero-order valence-corrected chi connectivity index (χ0v) is 10.6. The fourth-order valence-electron chi connectivity index (χ4n) is 2.47. The molecule has 3 heteroatoms. The zero-order valence-electron chi connectivity index (χ0n) is 9.89. The highest BCUT2D eigenvalue weighted by Gasteiger charge is 2.12. The third-order valence-electron chi connectivity index (χ3n) is 3.31. The molecule has 2 nitrogen and oxygen atoms in total. The summed E-state index contributed by atoms with van der Waals surface area (Å²) in [6.07, 6.45) is 1.64. The molecule has 0 saturated carbocycles. The Balaban J connectivity index is 2.68. The molecule has 0 aliphatic rings. The predicted molar refractivity (Wildman–Crippen MR) is 77.2 cm³/mol. The summed E-state index contributed by atoms with van der Waals surface area (Å²) < 4.78 is 0. The van der Waals surface area contributed by atoms with E-state index in [1.807, 2.05) is 24.3 Å². The van der Waals surface area contributed by atoms with Gasteiger partial charge < -0.3 is 0 Å². The van der Waals surface area contributed by atoms with Crippen molar-refractivity contribution < 1.29 is 9.59 Å². The average molecular weight is 269 g/mol. The molecule has 3 aromatic rings. The topological polar surface area (TPSA) is 34.1 Å². The number of carbonyl (C=O) groups is 2. The molecule has 0 aromatic heterocycles. The van der Waals surface area contributed by atoms with Crippen LogP contribution in [0.1, 0.15) is 20.7 Å².